The minimum atomic E-state index is -2.45. The van der Waals surface area contributed by atoms with E-state index in [0.29, 0.717) is 0 Å². The smallest absolute Gasteiger partial charge is 0.202 e. The summed E-state index contributed by atoms with van der Waals surface area (Å²) in [5.74, 6) is -0.576. The molecule has 0 aliphatic carbocycles. The molecule has 0 aromatic rings. The van der Waals surface area contributed by atoms with Crippen LogP contribution in [0.1, 0.15) is 6.92 Å². The molecule has 0 bridgehead atoms. The Kier molecular flexibility index (Phi) is 7.16. The third-order valence-electron chi connectivity index (χ3n) is 0.227. The molecule has 0 fully saturated rings. The first-order chi connectivity index (χ1) is 3.13. The molecule has 0 spiro atoms. The summed E-state index contributed by atoms with van der Waals surface area (Å²) in [5, 5.41) is 0. The van der Waals surface area contributed by atoms with E-state index in [1.165, 1.54) is 0 Å². The number of carbonyl (C=O) groups is 1. The van der Waals surface area contributed by atoms with Crippen LogP contribution in [0.2, 0.25) is 0 Å². The van der Waals surface area contributed by atoms with Gasteiger partial charge >= 0.3 is 0 Å². The third-order valence-corrected chi connectivity index (χ3v) is 0.681. The van der Waals surface area contributed by atoms with E-state index in [4.69, 9.17) is 0 Å². The summed E-state index contributed by atoms with van der Waals surface area (Å²) in [6.07, 6.45) is 0. The topological polar surface area (TPSA) is 63.2 Å². The number of carbonyl (C=O) groups excluding carboxylic acids is 1. The van der Waals surface area contributed by atoms with Crippen molar-refractivity contribution in [1.29, 1.82) is 0 Å². The number of hydrogen-bond donors (Lipinski definition) is 1. The summed E-state index contributed by atoms with van der Waals surface area (Å²) in [5.41, 5.74) is 0. The van der Waals surface area contributed by atoms with Crippen molar-refractivity contribution in [1.82, 2.24) is 4.72 Å². The standard InChI is InChI=1S/C2H4NO3S.Re/c1-2(4)3-7(5)6;/h1H3,(H,3,4,5,6);/q-1;. The van der Waals surface area contributed by atoms with Crippen LogP contribution in [0, 0.1) is 0 Å². The fourth-order valence-electron chi connectivity index (χ4n) is 0.117. The summed E-state index contributed by atoms with van der Waals surface area (Å²) < 4.78 is 20.5. The Balaban J connectivity index is 0. The minimum Gasteiger partial charge on any atom is -0.403 e. The van der Waals surface area contributed by atoms with Gasteiger partial charge < -0.3 is 13.1 Å². The fourth-order valence-corrected chi connectivity index (χ4v) is 0.352. The first-order valence-electron chi connectivity index (χ1n) is 1.49. The second-order valence-electron chi connectivity index (χ2n) is 0.893. The number of hydrogen-bond acceptors (Lipinski definition) is 4. The number of nitrogens with one attached hydrogen (secondary N) is 1. The van der Waals surface area contributed by atoms with E-state index in [9.17, 15) is 13.2 Å². The molecule has 0 aliphatic heterocycles. The van der Waals surface area contributed by atoms with Gasteiger partial charge in [-0.1, -0.05) is 0 Å². The molecule has 1 amide bonds. The summed E-state index contributed by atoms with van der Waals surface area (Å²) in [6, 6.07) is 0. The van der Waals surface area contributed by atoms with E-state index in [0.717, 1.165) is 6.92 Å². The van der Waals surface area contributed by atoms with Crippen LogP contribution in [0.4, 0.5) is 0 Å². The second-order valence-corrected chi connectivity index (χ2v) is 1.57. The molecule has 6 heteroatoms. The van der Waals surface area contributed by atoms with E-state index in [2.05, 4.69) is 0 Å². The van der Waals surface area contributed by atoms with E-state index in [-0.39, 0.29) is 20.4 Å². The largest absolute Gasteiger partial charge is 0.403 e. The molecular weight excluding hydrogens is 304 g/mol. The van der Waals surface area contributed by atoms with Crippen LogP contribution >= 0.6 is 0 Å². The summed E-state index contributed by atoms with van der Waals surface area (Å²) >= 11 is 0. The van der Waals surface area contributed by atoms with E-state index in [1.807, 2.05) is 0 Å². The zero-order valence-corrected chi connectivity index (χ0v) is 7.54. The zero-order valence-electron chi connectivity index (χ0n) is 4.01. The Morgan fingerprint density at radius 3 is 1.88 bits per heavy atom. The third kappa shape index (κ3) is 9.43. The first-order valence-corrected chi connectivity index (χ1v) is 2.57. The van der Waals surface area contributed by atoms with E-state index in [1.54, 1.807) is 4.72 Å². The van der Waals surface area contributed by atoms with Gasteiger partial charge in [-0.25, -0.2) is 0 Å². The van der Waals surface area contributed by atoms with Crippen molar-refractivity contribution < 1.29 is 33.6 Å². The van der Waals surface area contributed by atoms with Gasteiger partial charge in [-0.3, -0.25) is 4.79 Å². The average Bonchev–Trinajstić information content (AvgIpc) is 1.27. The molecule has 0 saturated carbocycles. The van der Waals surface area contributed by atoms with Crippen molar-refractivity contribution in [3.05, 3.63) is 0 Å². The van der Waals surface area contributed by atoms with E-state index < -0.39 is 16.8 Å². The van der Waals surface area contributed by atoms with Crippen LogP contribution in [0.3, 0.4) is 0 Å². The molecular formula is C2H4NO3ReS-. The van der Waals surface area contributed by atoms with Crippen LogP contribution in [-0.2, 0) is 44.5 Å². The van der Waals surface area contributed by atoms with Gasteiger partial charge in [0.15, 0.2) is 0 Å². The Morgan fingerprint density at radius 1 is 1.50 bits per heavy atom. The van der Waals surface area contributed by atoms with Gasteiger partial charge in [0.05, 0.1) is 0 Å². The Hall–Kier alpha value is 0.0823. The van der Waals surface area contributed by atoms with Crippen molar-refractivity contribution in [2.24, 2.45) is 0 Å². The monoisotopic (exact) mass is 309 g/mol. The van der Waals surface area contributed by atoms with Gasteiger partial charge in [-0.15, -0.1) is 0 Å². The maximum atomic E-state index is 9.75. The maximum Gasteiger partial charge on any atom is 0.202 e. The van der Waals surface area contributed by atoms with Gasteiger partial charge in [0.25, 0.3) is 0 Å². The van der Waals surface area contributed by atoms with Gasteiger partial charge in [0.1, 0.15) is 0 Å². The second kappa shape index (κ2) is 5.22. The van der Waals surface area contributed by atoms with Crippen LogP contribution in [0.5, 0.6) is 0 Å². The molecule has 0 atom stereocenters. The first kappa shape index (κ1) is 11.0. The van der Waals surface area contributed by atoms with Crippen LogP contribution in [0.25, 0.3) is 0 Å². The Bertz CT molecular complexity index is 134. The van der Waals surface area contributed by atoms with Crippen molar-refractivity contribution >= 4 is 16.8 Å². The molecule has 0 unspecified atom stereocenters. The predicted molar refractivity (Wildman–Crippen MR) is 22.6 cm³/mol. The van der Waals surface area contributed by atoms with Gasteiger partial charge in [-0.2, -0.15) is 0 Å². The SMILES string of the molecule is CC(=O)N[S-](=O)=O.[Re]. The van der Waals surface area contributed by atoms with Gasteiger partial charge in [-0.05, 0) is 0 Å². The quantitative estimate of drug-likeness (QED) is 0.655. The summed E-state index contributed by atoms with van der Waals surface area (Å²) in [4.78, 5) is 9.75. The molecule has 0 heterocycles. The Labute approximate surface area is 62.4 Å². The molecule has 0 aromatic heterocycles. The van der Waals surface area contributed by atoms with Crippen molar-refractivity contribution in [3.63, 3.8) is 0 Å². The molecule has 0 saturated heterocycles. The molecule has 4 nitrogen and oxygen atoms in total. The van der Waals surface area contributed by atoms with Crippen molar-refractivity contribution in [2.45, 2.75) is 6.92 Å². The van der Waals surface area contributed by atoms with Crippen LogP contribution in [0.15, 0.2) is 0 Å². The minimum absolute atomic E-state index is 0. The molecule has 8 heavy (non-hydrogen) atoms. The average molecular weight is 308 g/mol. The fraction of sp³-hybridized carbons (Fsp3) is 0.500. The number of rotatable bonds is 1. The van der Waals surface area contributed by atoms with E-state index >= 15 is 0 Å². The van der Waals surface area contributed by atoms with Gasteiger partial charge in [0.2, 0.25) is 5.91 Å². The zero-order chi connectivity index (χ0) is 5.86. The molecule has 1 N–H and O–H groups in total. The molecule has 49 valence electrons. The van der Waals surface area contributed by atoms with Gasteiger partial charge in [0, 0.05) is 38.2 Å². The maximum absolute atomic E-state index is 9.75. The predicted octanol–water partition coefficient (Wildman–Crippen LogP) is -0.656. The molecule has 0 aliphatic rings. The van der Waals surface area contributed by atoms with Crippen molar-refractivity contribution in [2.75, 3.05) is 0 Å². The van der Waals surface area contributed by atoms with Crippen LogP contribution < -0.4 is 4.72 Å². The molecule has 0 aromatic carbocycles. The summed E-state index contributed by atoms with van der Waals surface area (Å²) in [6.45, 7) is 1.12. The normalized spacial score (nSPS) is 7.75. The number of amides is 1. The molecule has 1 radical (unpaired) electrons. The van der Waals surface area contributed by atoms with Crippen LogP contribution in [-0.4, -0.2) is 5.91 Å². The van der Waals surface area contributed by atoms with Crippen molar-refractivity contribution in [3.8, 4) is 0 Å². The summed E-state index contributed by atoms with van der Waals surface area (Å²) in [7, 11) is -2.45. The Morgan fingerprint density at radius 2 is 1.88 bits per heavy atom. The molecule has 0 rings (SSSR count).